The van der Waals surface area contributed by atoms with Crippen molar-refractivity contribution in [2.75, 3.05) is 23.7 Å². The number of pyridine rings is 1. The molecule has 0 amide bonds. The van der Waals surface area contributed by atoms with Crippen LogP contribution in [0.2, 0.25) is 5.02 Å². The predicted octanol–water partition coefficient (Wildman–Crippen LogP) is 3.36. The average Bonchev–Trinajstić information content (AvgIpc) is 3.21. The Morgan fingerprint density at radius 2 is 2.12 bits per heavy atom. The molecule has 24 heavy (non-hydrogen) atoms. The molecule has 0 bridgehead atoms. The van der Waals surface area contributed by atoms with Crippen molar-refractivity contribution in [1.82, 2.24) is 19.4 Å². The van der Waals surface area contributed by atoms with Crippen LogP contribution in [0.3, 0.4) is 0 Å². The minimum absolute atomic E-state index is 0.330. The number of aromatic nitrogens is 4. The van der Waals surface area contributed by atoms with E-state index in [0.717, 1.165) is 34.5 Å². The molecular weight excluding hydrogens is 344 g/mol. The number of imidazole rings is 1. The SMILES string of the molecule is C[C@H]1CCN(c2ncc(Sc3ccnc(N)c3Cl)c3nccn23)C1. The summed E-state index contributed by atoms with van der Waals surface area (Å²) in [4.78, 5) is 17.3. The maximum absolute atomic E-state index is 6.25. The van der Waals surface area contributed by atoms with Gasteiger partial charge in [0, 0.05) is 42.8 Å². The first-order valence-corrected chi connectivity index (χ1v) is 8.98. The van der Waals surface area contributed by atoms with Gasteiger partial charge >= 0.3 is 0 Å². The summed E-state index contributed by atoms with van der Waals surface area (Å²) in [6, 6.07) is 1.85. The van der Waals surface area contributed by atoms with Crippen molar-refractivity contribution in [3.8, 4) is 0 Å². The third-order valence-corrected chi connectivity index (χ3v) is 5.76. The van der Waals surface area contributed by atoms with Crippen molar-refractivity contribution in [1.29, 1.82) is 0 Å². The first-order valence-electron chi connectivity index (χ1n) is 7.78. The summed E-state index contributed by atoms with van der Waals surface area (Å²) >= 11 is 7.75. The minimum Gasteiger partial charge on any atom is -0.382 e. The number of anilines is 2. The molecule has 6 nitrogen and oxygen atoms in total. The molecule has 0 spiro atoms. The molecule has 0 aromatic carbocycles. The molecule has 4 heterocycles. The van der Waals surface area contributed by atoms with E-state index in [4.69, 9.17) is 17.3 Å². The Bertz CT molecular complexity index is 895. The zero-order valence-corrected chi connectivity index (χ0v) is 14.8. The number of nitrogen functional groups attached to an aromatic ring is 1. The van der Waals surface area contributed by atoms with Gasteiger partial charge in [-0.1, -0.05) is 30.3 Å². The van der Waals surface area contributed by atoms with Gasteiger partial charge in [-0.3, -0.25) is 4.40 Å². The summed E-state index contributed by atoms with van der Waals surface area (Å²) in [6.45, 7) is 4.32. The second-order valence-electron chi connectivity index (χ2n) is 5.99. The third kappa shape index (κ3) is 2.67. The van der Waals surface area contributed by atoms with Gasteiger partial charge in [0.1, 0.15) is 5.82 Å². The number of hydrogen-bond donors (Lipinski definition) is 1. The fraction of sp³-hybridized carbons (Fsp3) is 0.312. The summed E-state index contributed by atoms with van der Waals surface area (Å²) in [5.41, 5.74) is 6.66. The molecule has 1 fully saturated rings. The van der Waals surface area contributed by atoms with Crippen LogP contribution in [0.4, 0.5) is 11.8 Å². The maximum atomic E-state index is 6.25. The van der Waals surface area contributed by atoms with Crippen molar-refractivity contribution >= 4 is 40.8 Å². The van der Waals surface area contributed by atoms with Gasteiger partial charge in [0.25, 0.3) is 0 Å². The standard InChI is InChI=1S/C16H17ClN6S/c1-10-3-6-22(9-10)16-21-8-12(15-20-5-7-23(15)16)24-11-2-4-19-14(18)13(11)17/h2,4-5,7-8,10H,3,6,9H2,1H3,(H2,18,19)/t10-/m0/s1. The van der Waals surface area contributed by atoms with Gasteiger partial charge in [0.15, 0.2) is 5.65 Å². The molecule has 0 radical (unpaired) electrons. The lowest BCUT2D eigenvalue weighted by Crippen LogP contribution is -2.23. The first kappa shape index (κ1) is 15.5. The molecule has 0 saturated carbocycles. The molecule has 124 valence electrons. The van der Waals surface area contributed by atoms with Gasteiger partial charge < -0.3 is 10.6 Å². The summed E-state index contributed by atoms with van der Waals surface area (Å²) in [7, 11) is 0. The molecule has 1 aliphatic heterocycles. The van der Waals surface area contributed by atoms with E-state index in [9.17, 15) is 0 Å². The Hall–Kier alpha value is -1.99. The van der Waals surface area contributed by atoms with Gasteiger partial charge in [0.05, 0.1) is 9.92 Å². The Kier molecular flexibility index (Phi) is 3.97. The van der Waals surface area contributed by atoms with E-state index in [1.165, 1.54) is 18.2 Å². The largest absolute Gasteiger partial charge is 0.382 e. The number of hydrogen-bond acceptors (Lipinski definition) is 6. The van der Waals surface area contributed by atoms with Crippen LogP contribution < -0.4 is 10.6 Å². The van der Waals surface area contributed by atoms with Crippen LogP contribution in [0.1, 0.15) is 13.3 Å². The van der Waals surface area contributed by atoms with Crippen LogP contribution in [0.15, 0.2) is 40.6 Å². The predicted molar refractivity (Wildman–Crippen MR) is 96.8 cm³/mol. The average molecular weight is 361 g/mol. The van der Waals surface area contributed by atoms with E-state index in [0.29, 0.717) is 16.8 Å². The van der Waals surface area contributed by atoms with Crippen LogP contribution >= 0.6 is 23.4 Å². The first-order chi connectivity index (χ1) is 11.6. The van der Waals surface area contributed by atoms with Crippen molar-refractivity contribution in [3.63, 3.8) is 0 Å². The van der Waals surface area contributed by atoms with Crippen molar-refractivity contribution < 1.29 is 0 Å². The highest BCUT2D eigenvalue weighted by Crippen LogP contribution is 2.37. The molecule has 8 heteroatoms. The molecule has 3 aromatic heterocycles. The number of nitrogens with zero attached hydrogens (tertiary/aromatic N) is 5. The normalized spacial score (nSPS) is 17.8. The topological polar surface area (TPSA) is 72.3 Å². The highest BCUT2D eigenvalue weighted by molar-refractivity contribution is 7.99. The van der Waals surface area contributed by atoms with E-state index < -0.39 is 0 Å². The molecule has 1 aliphatic rings. The lowest BCUT2D eigenvalue weighted by Gasteiger charge is -2.19. The highest BCUT2D eigenvalue weighted by atomic mass is 35.5. The fourth-order valence-corrected chi connectivity index (χ4v) is 4.08. The Balaban J connectivity index is 1.73. The van der Waals surface area contributed by atoms with Crippen LogP contribution in [-0.2, 0) is 0 Å². The Labute approximate surface area is 149 Å². The molecular formula is C16H17ClN6S. The van der Waals surface area contributed by atoms with Gasteiger partial charge in [-0.2, -0.15) is 0 Å². The fourth-order valence-electron chi connectivity index (χ4n) is 2.94. The summed E-state index contributed by atoms with van der Waals surface area (Å²) < 4.78 is 2.04. The van der Waals surface area contributed by atoms with Crippen molar-refractivity contribution in [3.05, 3.63) is 35.9 Å². The van der Waals surface area contributed by atoms with Crippen LogP contribution in [0.25, 0.3) is 5.65 Å². The second kappa shape index (κ2) is 6.14. The van der Waals surface area contributed by atoms with E-state index >= 15 is 0 Å². The molecule has 4 rings (SSSR count). The van der Waals surface area contributed by atoms with Gasteiger partial charge in [-0.25, -0.2) is 15.0 Å². The summed E-state index contributed by atoms with van der Waals surface area (Å²) in [5.74, 6) is 1.96. The Morgan fingerprint density at radius 3 is 2.92 bits per heavy atom. The monoisotopic (exact) mass is 360 g/mol. The lowest BCUT2D eigenvalue weighted by molar-refractivity contribution is 0.657. The van der Waals surface area contributed by atoms with Crippen molar-refractivity contribution in [2.24, 2.45) is 5.92 Å². The van der Waals surface area contributed by atoms with E-state index in [-0.39, 0.29) is 0 Å². The van der Waals surface area contributed by atoms with Crippen molar-refractivity contribution in [2.45, 2.75) is 23.1 Å². The number of fused-ring (bicyclic) bond motifs is 1. The zero-order valence-electron chi connectivity index (χ0n) is 13.2. The second-order valence-corrected chi connectivity index (χ2v) is 7.46. The lowest BCUT2D eigenvalue weighted by atomic mass is 10.2. The van der Waals surface area contributed by atoms with E-state index in [1.807, 2.05) is 22.9 Å². The number of rotatable bonds is 3. The Morgan fingerprint density at radius 1 is 1.25 bits per heavy atom. The van der Waals surface area contributed by atoms with Gasteiger partial charge in [0.2, 0.25) is 5.95 Å². The van der Waals surface area contributed by atoms with Gasteiger partial charge in [-0.15, -0.1) is 0 Å². The molecule has 0 aliphatic carbocycles. The van der Waals surface area contributed by atoms with Crippen LogP contribution in [-0.4, -0.2) is 32.4 Å². The molecule has 1 saturated heterocycles. The zero-order chi connectivity index (χ0) is 16.7. The van der Waals surface area contributed by atoms with E-state index in [2.05, 4.69) is 26.8 Å². The van der Waals surface area contributed by atoms with E-state index in [1.54, 1.807) is 12.4 Å². The minimum atomic E-state index is 0.330. The molecule has 3 aromatic rings. The quantitative estimate of drug-likeness (QED) is 0.772. The van der Waals surface area contributed by atoms with Gasteiger partial charge in [-0.05, 0) is 18.4 Å². The highest BCUT2D eigenvalue weighted by Gasteiger charge is 2.23. The maximum Gasteiger partial charge on any atom is 0.211 e. The molecule has 1 atom stereocenters. The van der Waals surface area contributed by atoms with Crippen LogP contribution in [0, 0.1) is 5.92 Å². The molecule has 2 N–H and O–H groups in total. The number of halogens is 1. The third-order valence-electron chi connectivity index (χ3n) is 4.18. The summed E-state index contributed by atoms with van der Waals surface area (Å²) in [5, 5.41) is 0.463. The van der Waals surface area contributed by atoms with Crippen LogP contribution in [0.5, 0.6) is 0 Å². The smallest absolute Gasteiger partial charge is 0.211 e. The summed E-state index contributed by atoms with van der Waals surface area (Å²) in [6.07, 6.45) is 8.46. The molecule has 0 unspecified atom stereocenters. The number of nitrogens with two attached hydrogens (primary N) is 1.